The lowest BCUT2D eigenvalue weighted by molar-refractivity contribution is 0.360. The largest absolute Gasteiger partial charge is 0.449 e. The van der Waals surface area contributed by atoms with Crippen LogP contribution in [0.4, 0.5) is 0 Å². The molecule has 1 heterocycles. The first-order chi connectivity index (χ1) is 16.8. The zero-order valence-corrected chi connectivity index (χ0v) is 19.6. The lowest BCUT2D eigenvalue weighted by atomic mass is 9.70. The molecule has 3 heteroatoms. The van der Waals surface area contributed by atoms with E-state index < -0.39 is 0 Å². The highest BCUT2D eigenvalue weighted by molar-refractivity contribution is 9.10. The number of fused-ring (bicyclic) bond motifs is 13. The first-order valence-electron chi connectivity index (χ1n) is 11.4. The van der Waals surface area contributed by atoms with Crippen molar-refractivity contribution in [2.75, 3.05) is 0 Å². The molecule has 0 radical (unpaired) electrons. The van der Waals surface area contributed by atoms with E-state index in [0.717, 1.165) is 33.0 Å². The predicted octanol–water partition coefficient (Wildman–Crippen LogP) is 8.69. The summed E-state index contributed by atoms with van der Waals surface area (Å²) >= 11 is 3.57. The van der Waals surface area contributed by atoms with Gasteiger partial charge in [-0.15, -0.1) is 0 Å². The van der Waals surface area contributed by atoms with Crippen molar-refractivity contribution in [3.05, 3.63) is 130 Å². The summed E-state index contributed by atoms with van der Waals surface area (Å²) in [6, 6.07) is 36.5. The molecule has 5 aromatic carbocycles. The molecule has 160 valence electrons. The summed E-state index contributed by atoms with van der Waals surface area (Å²) in [6.07, 6.45) is 0. The van der Waals surface area contributed by atoms with Crippen LogP contribution in [0.3, 0.4) is 0 Å². The van der Waals surface area contributed by atoms with Gasteiger partial charge in [-0.1, -0.05) is 94.8 Å². The van der Waals surface area contributed by atoms with Crippen LogP contribution in [0, 0.1) is 0 Å². The summed E-state index contributed by atoms with van der Waals surface area (Å²) in [4.78, 5) is 0. The third-order valence-corrected chi connectivity index (χ3v) is 7.91. The first kappa shape index (κ1) is 18.6. The summed E-state index contributed by atoms with van der Waals surface area (Å²) in [6.45, 7) is 0. The Morgan fingerprint density at radius 1 is 0.500 bits per heavy atom. The number of rotatable bonds is 0. The van der Waals surface area contributed by atoms with Gasteiger partial charge in [0, 0.05) is 10.0 Å². The molecule has 8 rings (SSSR count). The van der Waals surface area contributed by atoms with Crippen LogP contribution in [0.15, 0.2) is 108 Å². The van der Waals surface area contributed by atoms with E-state index in [1.54, 1.807) is 0 Å². The van der Waals surface area contributed by atoms with E-state index in [0.29, 0.717) is 0 Å². The van der Waals surface area contributed by atoms with Gasteiger partial charge in [-0.3, -0.25) is 0 Å². The lowest BCUT2D eigenvalue weighted by Crippen LogP contribution is -2.25. The second kappa shape index (κ2) is 6.40. The highest BCUT2D eigenvalue weighted by atomic mass is 79.9. The first-order valence-corrected chi connectivity index (χ1v) is 12.2. The van der Waals surface area contributed by atoms with Gasteiger partial charge >= 0.3 is 0 Å². The fourth-order valence-electron chi connectivity index (χ4n) is 6.19. The molecule has 34 heavy (non-hydrogen) atoms. The van der Waals surface area contributed by atoms with Gasteiger partial charge in [0.2, 0.25) is 0 Å². The number of hydrogen-bond donors (Lipinski definition) is 0. The van der Waals surface area contributed by atoms with Crippen molar-refractivity contribution in [2.45, 2.75) is 5.41 Å². The second-order valence-electron chi connectivity index (χ2n) is 9.00. The molecule has 0 fully saturated rings. The number of halogens is 1. The molecule has 3 aliphatic rings. The maximum atomic E-state index is 6.58. The monoisotopic (exact) mass is 500 g/mol. The SMILES string of the molecule is Brc1ccc2c(c1)Oc1c(ccc3c1-c1ccccc1C31c3ccccc3-c3ccccc31)O2. The molecule has 0 aromatic heterocycles. The summed E-state index contributed by atoms with van der Waals surface area (Å²) < 4.78 is 13.9. The Morgan fingerprint density at radius 2 is 1.09 bits per heavy atom. The van der Waals surface area contributed by atoms with E-state index in [2.05, 4.69) is 101 Å². The lowest BCUT2D eigenvalue weighted by Gasteiger charge is -2.31. The molecule has 2 nitrogen and oxygen atoms in total. The Balaban J connectivity index is 1.50. The van der Waals surface area contributed by atoms with E-state index in [1.165, 1.54) is 38.9 Å². The van der Waals surface area contributed by atoms with Crippen molar-refractivity contribution < 1.29 is 9.47 Å². The van der Waals surface area contributed by atoms with Crippen molar-refractivity contribution >= 4 is 15.9 Å². The Morgan fingerprint density at radius 3 is 1.79 bits per heavy atom. The number of ether oxygens (including phenoxy) is 2. The summed E-state index contributed by atoms with van der Waals surface area (Å²) in [7, 11) is 0. The van der Waals surface area contributed by atoms with Gasteiger partial charge in [0.25, 0.3) is 0 Å². The Kier molecular flexibility index (Phi) is 3.50. The predicted molar refractivity (Wildman–Crippen MR) is 137 cm³/mol. The molecule has 1 spiro atoms. The van der Waals surface area contributed by atoms with Crippen LogP contribution in [0.2, 0.25) is 0 Å². The Labute approximate surface area is 205 Å². The molecule has 0 atom stereocenters. The number of benzene rings is 5. The van der Waals surface area contributed by atoms with Crippen LogP contribution in [0.25, 0.3) is 22.3 Å². The summed E-state index contributed by atoms with van der Waals surface area (Å²) in [5, 5.41) is 0. The maximum absolute atomic E-state index is 6.58. The number of hydrogen-bond acceptors (Lipinski definition) is 2. The minimum absolute atomic E-state index is 0.380. The van der Waals surface area contributed by atoms with Crippen LogP contribution in [-0.2, 0) is 5.41 Å². The van der Waals surface area contributed by atoms with Gasteiger partial charge in [0.05, 0.1) is 5.41 Å². The molecular formula is C31H17BrO2. The van der Waals surface area contributed by atoms with Crippen molar-refractivity contribution in [3.8, 4) is 45.3 Å². The normalized spacial score (nSPS) is 14.7. The highest BCUT2D eigenvalue weighted by Crippen LogP contribution is 2.66. The molecule has 0 saturated carbocycles. The molecule has 5 aromatic rings. The van der Waals surface area contributed by atoms with Crippen molar-refractivity contribution in [2.24, 2.45) is 0 Å². The third kappa shape index (κ3) is 2.12. The summed E-state index contributed by atoms with van der Waals surface area (Å²) in [5.41, 5.74) is 9.70. The quantitative estimate of drug-likeness (QED) is 0.207. The zero-order chi connectivity index (χ0) is 22.4. The van der Waals surface area contributed by atoms with Crippen molar-refractivity contribution in [1.82, 2.24) is 0 Å². The molecule has 2 aliphatic carbocycles. The highest BCUT2D eigenvalue weighted by Gasteiger charge is 2.52. The average Bonchev–Trinajstić information content (AvgIpc) is 3.35. The summed E-state index contributed by atoms with van der Waals surface area (Å²) in [5.74, 6) is 2.99. The van der Waals surface area contributed by atoms with Crippen LogP contribution in [0.1, 0.15) is 22.3 Å². The van der Waals surface area contributed by atoms with Gasteiger partial charge in [0.15, 0.2) is 23.0 Å². The third-order valence-electron chi connectivity index (χ3n) is 7.42. The van der Waals surface area contributed by atoms with Crippen molar-refractivity contribution in [3.63, 3.8) is 0 Å². The molecular weight excluding hydrogens is 484 g/mol. The van der Waals surface area contributed by atoms with E-state index in [-0.39, 0.29) is 5.41 Å². The van der Waals surface area contributed by atoms with E-state index in [9.17, 15) is 0 Å². The van der Waals surface area contributed by atoms with Crippen LogP contribution >= 0.6 is 15.9 Å². The molecule has 0 amide bonds. The van der Waals surface area contributed by atoms with Crippen LogP contribution < -0.4 is 9.47 Å². The maximum Gasteiger partial charge on any atom is 0.178 e. The molecule has 0 saturated heterocycles. The van der Waals surface area contributed by atoms with Gasteiger partial charge in [-0.2, -0.15) is 0 Å². The minimum Gasteiger partial charge on any atom is -0.449 e. The van der Waals surface area contributed by atoms with Gasteiger partial charge in [-0.25, -0.2) is 0 Å². The molecule has 0 unspecified atom stereocenters. The Bertz CT molecular complexity index is 1640. The molecule has 0 N–H and O–H groups in total. The fourth-order valence-corrected chi connectivity index (χ4v) is 6.53. The van der Waals surface area contributed by atoms with E-state index in [4.69, 9.17) is 9.47 Å². The average molecular weight is 501 g/mol. The topological polar surface area (TPSA) is 18.5 Å². The Hall–Kier alpha value is -3.82. The van der Waals surface area contributed by atoms with E-state index >= 15 is 0 Å². The second-order valence-corrected chi connectivity index (χ2v) is 9.91. The fraction of sp³-hybridized carbons (Fsp3) is 0.0323. The minimum atomic E-state index is -0.380. The molecule has 0 bridgehead atoms. The smallest absolute Gasteiger partial charge is 0.178 e. The van der Waals surface area contributed by atoms with Crippen LogP contribution in [0.5, 0.6) is 23.0 Å². The van der Waals surface area contributed by atoms with Gasteiger partial charge in [0.1, 0.15) is 0 Å². The standard InChI is InChI=1S/C31H17BrO2/c32-18-13-15-26-28(17-18)34-30-27(33-26)16-14-25-29(30)21-9-3-6-12-24(21)31(25)22-10-4-1-7-19(22)20-8-2-5-11-23(20)31/h1-17H. The molecule has 1 aliphatic heterocycles. The van der Waals surface area contributed by atoms with Gasteiger partial charge < -0.3 is 9.47 Å². The zero-order valence-electron chi connectivity index (χ0n) is 18.0. The van der Waals surface area contributed by atoms with Crippen molar-refractivity contribution in [1.29, 1.82) is 0 Å². The van der Waals surface area contributed by atoms with Gasteiger partial charge in [-0.05, 0) is 63.2 Å². The van der Waals surface area contributed by atoms with E-state index in [1.807, 2.05) is 18.2 Å². The van der Waals surface area contributed by atoms with Crippen LogP contribution in [-0.4, -0.2) is 0 Å².